The van der Waals surface area contributed by atoms with E-state index in [0.717, 1.165) is 17.5 Å². The second-order valence-electron chi connectivity index (χ2n) is 7.31. The van der Waals surface area contributed by atoms with Crippen LogP contribution in [0.1, 0.15) is 24.2 Å². The summed E-state index contributed by atoms with van der Waals surface area (Å²) in [5, 5.41) is 3.50. The highest BCUT2D eigenvalue weighted by atomic mass is 35.5. The van der Waals surface area contributed by atoms with Crippen molar-refractivity contribution < 1.29 is 23.2 Å². The molecule has 32 heavy (non-hydrogen) atoms. The number of nitrogens with zero attached hydrogens (tertiary/aromatic N) is 1. The molecule has 0 atom stereocenters. The lowest BCUT2D eigenvalue weighted by Gasteiger charge is -2.32. The zero-order valence-electron chi connectivity index (χ0n) is 17.1. The van der Waals surface area contributed by atoms with Gasteiger partial charge in [-0.2, -0.15) is 4.98 Å². The number of amides is 1. The highest BCUT2D eigenvalue weighted by molar-refractivity contribution is 7.59. The van der Waals surface area contributed by atoms with Gasteiger partial charge in [0.2, 0.25) is 13.9 Å². The Morgan fingerprint density at radius 1 is 1.06 bits per heavy atom. The summed E-state index contributed by atoms with van der Waals surface area (Å²) >= 11 is 11.9. The summed E-state index contributed by atoms with van der Waals surface area (Å²) in [6.07, 6.45) is 1.64. The first kappa shape index (κ1) is 23.2. The smallest absolute Gasteiger partial charge is 0.292 e. The maximum absolute atomic E-state index is 12.4. The van der Waals surface area contributed by atoms with E-state index >= 15 is 0 Å². The molecule has 2 aromatic carbocycles. The van der Waals surface area contributed by atoms with E-state index in [4.69, 9.17) is 36.7 Å². The monoisotopic (exact) mass is 495 g/mol. The van der Waals surface area contributed by atoms with Gasteiger partial charge in [-0.05, 0) is 47.9 Å². The predicted molar refractivity (Wildman–Crippen MR) is 125 cm³/mol. The molecule has 1 amide bonds. The van der Waals surface area contributed by atoms with Gasteiger partial charge in [0.15, 0.2) is 0 Å². The highest BCUT2D eigenvalue weighted by Gasteiger charge is 2.30. The van der Waals surface area contributed by atoms with Crippen molar-refractivity contribution >= 4 is 42.7 Å². The van der Waals surface area contributed by atoms with Crippen LogP contribution >= 0.6 is 31.1 Å². The number of rotatable bonds is 7. The average Bonchev–Trinajstić information content (AvgIpc) is 3.15. The molecule has 0 bridgehead atoms. The first-order chi connectivity index (χ1) is 15.4. The Balaban J connectivity index is 1.33. The topological polar surface area (TPSA) is 93.8 Å². The standard InChI is InChI=1S/C22H22Cl2N2O5P/c23-17-6-4-16(5-7-17)21-19(31-22(24)26-21)10-11-20(27)25-18-8-2-15(3-9-18)14-32(28)29-12-1-13-30-32/h2-9,28H,1,10-14H2,(H,25,27). The lowest BCUT2D eigenvalue weighted by atomic mass is 10.1. The molecule has 1 radical (unpaired) electrons. The Morgan fingerprint density at radius 2 is 1.75 bits per heavy atom. The van der Waals surface area contributed by atoms with Crippen LogP contribution in [0.25, 0.3) is 11.3 Å². The van der Waals surface area contributed by atoms with Crippen molar-refractivity contribution in [3.05, 3.63) is 70.2 Å². The van der Waals surface area contributed by atoms with Gasteiger partial charge in [0.25, 0.3) is 5.35 Å². The molecule has 2 heterocycles. The first-order valence-corrected chi connectivity index (χ1v) is 12.6. The maximum Gasteiger partial charge on any atom is 0.292 e. The van der Waals surface area contributed by atoms with Crippen LogP contribution in [0.2, 0.25) is 10.4 Å². The molecule has 0 saturated carbocycles. The molecular formula is C22H22Cl2N2O5P. The van der Waals surface area contributed by atoms with Crippen molar-refractivity contribution in [2.45, 2.75) is 25.4 Å². The van der Waals surface area contributed by atoms with Crippen LogP contribution in [0, 0.1) is 0 Å². The molecule has 3 aromatic rings. The minimum atomic E-state index is -2.83. The van der Waals surface area contributed by atoms with Gasteiger partial charge in [-0.25, -0.2) is 0 Å². The van der Waals surface area contributed by atoms with Crippen molar-refractivity contribution in [2.24, 2.45) is 0 Å². The fourth-order valence-electron chi connectivity index (χ4n) is 3.30. The van der Waals surface area contributed by atoms with Gasteiger partial charge in [0, 0.05) is 29.1 Å². The fraction of sp³-hybridized carbons (Fsp3) is 0.273. The number of halogens is 2. The molecule has 2 N–H and O–H groups in total. The normalized spacial score (nSPS) is 15.5. The van der Waals surface area contributed by atoms with Gasteiger partial charge >= 0.3 is 0 Å². The Labute approximate surface area is 196 Å². The zero-order chi connectivity index (χ0) is 22.6. The number of anilines is 1. The lowest BCUT2D eigenvalue weighted by molar-refractivity contribution is -0.116. The number of oxazole rings is 1. The average molecular weight is 496 g/mol. The van der Waals surface area contributed by atoms with E-state index in [0.29, 0.717) is 48.0 Å². The molecule has 1 aliphatic heterocycles. The number of hydrogen-bond donors (Lipinski definition) is 2. The van der Waals surface area contributed by atoms with E-state index in [1.165, 1.54) is 0 Å². The third-order valence-corrected chi connectivity index (χ3v) is 7.21. The predicted octanol–water partition coefficient (Wildman–Crippen LogP) is 5.91. The number of benzene rings is 2. The summed E-state index contributed by atoms with van der Waals surface area (Å²) in [7, 11) is -2.83. The molecule has 1 aromatic heterocycles. The molecule has 4 rings (SSSR count). The number of carbonyl (C=O) groups excluding carboxylic acids is 1. The van der Waals surface area contributed by atoms with Crippen LogP contribution in [0.4, 0.5) is 5.69 Å². The highest BCUT2D eigenvalue weighted by Crippen LogP contribution is 2.61. The lowest BCUT2D eigenvalue weighted by Crippen LogP contribution is -2.14. The molecule has 1 fully saturated rings. The van der Waals surface area contributed by atoms with Crippen LogP contribution in [0.3, 0.4) is 0 Å². The number of carbonyl (C=O) groups is 1. The summed E-state index contributed by atoms with van der Waals surface area (Å²) in [5.41, 5.74) is 2.94. The molecule has 7 nitrogen and oxygen atoms in total. The van der Waals surface area contributed by atoms with Crippen molar-refractivity contribution in [2.75, 3.05) is 18.5 Å². The summed E-state index contributed by atoms with van der Waals surface area (Å²) in [4.78, 5) is 27.1. The van der Waals surface area contributed by atoms with Crippen molar-refractivity contribution in [1.82, 2.24) is 4.98 Å². The second kappa shape index (κ2) is 10.3. The zero-order valence-corrected chi connectivity index (χ0v) is 19.5. The van der Waals surface area contributed by atoms with Gasteiger partial charge in [0.1, 0.15) is 11.5 Å². The summed E-state index contributed by atoms with van der Waals surface area (Å²) in [6, 6.07) is 14.4. The van der Waals surface area contributed by atoms with Gasteiger partial charge < -0.3 is 23.7 Å². The first-order valence-electron chi connectivity index (χ1n) is 10.1. The third-order valence-electron chi connectivity index (χ3n) is 4.86. The van der Waals surface area contributed by atoms with Crippen molar-refractivity contribution in [3.8, 4) is 11.3 Å². The van der Waals surface area contributed by atoms with Crippen LogP contribution in [-0.2, 0) is 26.4 Å². The molecule has 0 aliphatic carbocycles. The molecule has 169 valence electrons. The Morgan fingerprint density at radius 3 is 2.44 bits per heavy atom. The second-order valence-corrected chi connectivity index (χ2v) is 10.2. The number of nitrogens with one attached hydrogen (secondary N) is 1. The van der Waals surface area contributed by atoms with Crippen LogP contribution < -0.4 is 5.32 Å². The third kappa shape index (κ3) is 6.07. The van der Waals surface area contributed by atoms with E-state index in [1.807, 2.05) is 24.3 Å². The number of aromatic nitrogens is 1. The van der Waals surface area contributed by atoms with E-state index in [9.17, 15) is 9.69 Å². The largest absolute Gasteiger partial charge is 0.432 e. The fourth-order valence-corrected chi connectivity index (χ4v) is 5.36. The van der Waals surface area contributed by atoms with Crippen LogP contribution in [0.5, 0.6) is 0 Å². The maximum atomic E-state index is 12.4. The van der Waals surface area contributed by atoms with Gasteiger partial charge in [-0.1, -0.05) is 35.9 Å². The Bertz CT molecular complexity index is 1070. The Hall–Kier alpha value is -1.99. The SMILES string of the molecule is O=C(CCc1oc(Cl)nc1-c1ccc(Cl)cc1)Nc1ccc(C[P]2(O)OCCCO2)cc1. The van der Waals surface area contributed by atoms with E-state index in [-0.39, 0.29) is 17.7 Å². The van der Waals surface area contributed by atoms with Gasteiger partial charge in [-0.15, -0.1) is 0 Å². The van der Waals surface area contributed by atoms with Gasteiger partial charge in [0.05, 0.1) is 19.4 Å². The minimum absolute atomic E-state index is 0.0244. The molecule has 0 spiro atoms. The van der Waals surface area contributed by atoms with Crippen LogP contribution in [-0.4, -0.2) is 29.0 Å². The molecule has 0 unspecified atom stereocenters. The minimum Gasteiger partial charge on any atom is -0.432 e. The van der Waals surface area contributed by atoms with Gasteiger partial charge in [-0.3, -0.25) is 4.79 Å². The molecular weight excluding hydrogens is 474 g/mol. The molecule has 10 heteroatoms. The quantitative estimate of drug-likeness (QED) is 0.395. The molecule has 1 saturated heterocycles. The van der Waals surface area contributed by atoms with E-state index in [1.54, 1.807) is 24.3 Å². The summed E-state index contributed by atoms with van der Waals surface area (Å²) in [6.45, 7) is 1.02. The molecule has 1 aliphatic rings. The van der Waals surface area contributed by atoms with E-state index < -0.39 is 7.94 Å². The summed E-state index contributed by atoms with van der Waals surface area (Å²) < 4.78 is 16.4. The van der Waals surface area contributed by atoms with Crippen LogP contribution in [0.15, 0.2) is 52.9 Å². The van der Waals surface area contributed by atoms with Crippen molar-refractivity contribution in [3.63, 3.8) is 0 Å². The number of aryl methyl sites for hydroxylation is 1. The van der Waals surface area contributed by atoms with Crippen molar-refractivity contribution in [1.29, 1.82) is 0 Å². The van der Waals surface area contributed by atoms with E-state index in [2.05, 4.69) is 10.3 Å². The number of hydrogen-bond acceptors (Lipinski definition) is 6. The Kier molecular flexibility index (Phi) is 7.46. The summed E-state index contributed by atoms with van der Waals surface area (Å²) in [5.74, 6) is 0.366.